The number of hydrogen-bond donors (Lipinski definition) is 1. The van der Waals surface area contributed by atoms with Gasteiger partial charge in [-0.25, -0.2) is 9.59 Å². The number of carboxylic acid groups (broad SMARTS) is 1. The average molecular weight is 450 g/mol. The molecule has 2 aromatic rings. The van der Waals surface area contributed by atoms with E-state index in [1.807, 2.05) is 0 Å². The fourth-order valence-electron chi connectivity index (χ4n) is 3.15. The van der Waals surface area contributed by atoms with E-state index in [0.29, 0.717) is 16.9 Å². The molecule has 7 nitrogen and oxygen atoms in total. The molecule has 0 radical (unpaired) electrons. The van der Waals surface area contributed by atoms with Crippen LogP contribution in [-0.2, 0) is 22.3 Å². The largest absolute Gasteiger partial charge is 0.478 e. The number of amides is 3. The van der Waals surface area contributed by atoms with E-state index in [0.717, 1.165) is 34.1 Å². The number of urea groups is 1. The molecule has 3 amide bonds. The molecule has 0 atom stereocenters. The standard InChI is InChI=1S/C22H21F3N2O5/c1-13-10-14(4-9-17(13)32-21(2,3)19(29)30)11-27-18(28)12-26(20(27)31)16-7-5-15(6-8-16)22(23,24)25/h4-10H,11-12H2,1-3H3,(H,29,30). The zero-order chi connectivity index (χ0) is 23.8. The van der Waals surface area contributed by atoms with Crippen LogP contribution in [0.4, 0.5) is 23.7 Å². The van der Waals surface area contributed by atoms with Crippen LogP contribution in [0, 0.1) is 6.92 Å². The van der Waals surface area contributed by atoms with Gasteiger partial charge in [0.05, 0.1) is 12.1 Å². The third kappa shape index (κ3) is 4.68. The monoisotopic (exact) mass is 450 g/mol. The van der Waals surface area contributed by atoms with Crippen LogP contribution in [0.5, 0.6) is 5.75 Å². The number of alkyl halides is 3. The van der Waals surface area contributed by atoms with E-state index >= 15 is 0 Å². The number of carbonyl (C=O) groups is 3. The van der Waals surface area contributed by atoms with E-state index in [1.54, 1.807) is 25.1 Å². The Kier molecular flexibility index (Phi) is 5.90. The van der Waals surface area contributed by atoms with Gasteiger partial charge in [-0.2, -0.15) is 13.2 Å². The minimum absolute atomic E-state index is 0.0434. The predicted molar refractivity (Wildman–Crippen MR) is 108 cm³/mol. The summed E-state index contributed by atoms with van der Waals surface area (Å²) in [6.07, 6.45) is -4.50. The number of ether oxygens (including phenoxy) is 1. The van der Waals surface area contributed by atoms with E-state index < -0.39 is 35.2 Å². The first-order valence-electron chi connectivity index (χ1n) is 9.60. The van der Waals surface area contributed by atoms with Gasteiger partial charge < -0.3 is 9.84 Å². The van der Waals surface area contributed by atoms with Crippen LogP contribution in [0.2, 0.25) is 0 Å². The smallest absolute Gasteiger partial charge is 0.416 e. The van der Waals surface area contributed by atoms with E-state index in [9.17, 15) is 32.7 Å². The van der Waals surface area contributed by atoms with Crippen molar-refractivity contribution in [2.45, 2.75) is 39.1 Å². The van der Waals surface area contributed by atoms with Crippen LogP contribution < -0.4 is 9.64 Å². The lowest BCUT2D eigenvalue weighted by atomic mass is 10.1. The molecule has 1 saturated heterocycles. The third-order valence-electron chi connectivity index (χ3n) is 5.02. The number of nitrogens with zero attached hydrogens (tertiary/aromatic N) is 2. The minimum Gasteiger partial charge on any atom is -0.478 e. The Morgan fingerprint density at radius 3 is 2.25 bits per heavy atom. The summed E-state index contributed by atoms with van der Waals surface area (Å²) >= 11 is 0. The molecule has 0 bridgehead atoms. The van der Waals surface area contributed by atoms with Crippen LogP contribution in [0.1, 0.15) is 30.5 Å². The fourth-order valence-corrected chi connectivity index (χ4v) is 3.15. The number of benzene rings is 2. The number of carboxylic acids is 1. The van der Waals surface area contributed by atoms with Crippen molar-refractivity contribution in [1.29, 1.82) is 0 Å². The number of anilines is 1. The van der Waals surface area contributed by atoms with Gasteiger partial charge in [-0.3, -0.25) is 14.6 Å². The Labute approximate surface area is 182 Å². The molecular weight excluding hydrogens is 429 g/mol. The maximum absolute atomic E-state index is 12.8. The lowest BCUT2D eigenvalue weighted by molar-refractivity contribution is -0.152. The van der Waals surface area contributed by atoms with Crippen molar-refractivity contribution in [3.63, 3.8) is 0 Å². The molecule has 0 spiro atoms. The normalized spacial score (nSPS) is 14.8. The van der Waals surface area contributed by atoms with Crippen molar-refractivity contribution in [3.05, 3.63) is 59.2 Å². The summed E-state index contributed by atoms with van der Waals surface area (Å²) in [5.74, 6) is -1.26. The molecule has 2 aromatic carbocycles. The van der Waals surface area contributed by atoms with Crippen LogP contribution >= 0.6 is 0 Å². The molecule has 3 rings (SSSR count). The molecule has 1 fully saturated rings. The molecule has 0 aliphatic carbocycles. The number of halogens is 3. The summed E-state index contributed by atoms with van der Waals surface area (Å²) in [4.78, 5) is 38.5. The van der Waals surface area contributed by atoms with Crippen molar-refractivity contribution in [1.82, 2.24) is 4.90 Å². The lowest BCUT2D eigenvalue weighted by Crippen LogP contribution is -2.38. The van der Waals surface area contributed by atoms with E-state index in [4.69, 9.17) is 4.74 Å². The second-order valence-corrected chi connectivity index (χ2v) is 7.91. The highest BCUT2D eigenvalue weighted by atomic mass is 19.4. The Bertz CT molecular complexity index is 1060. The van der Waals surface area contributed by atoms with E-state index in [-0.39, 0.29) is 18.8 Å². The molecule has 32 heavy (non-hydrogen) atoms. The van der Waals surface area contributed by atoms with Crippen LogP contribution in [0.15, 0.2) is 42.5 Å². The lowest BCUT2D eigenvalue weighted by Gasteiger charge is -2.23. The first-order chi connectivity index (χ1) is 14.8. The number of aryl methyl sites for hydroxylation is 1. The first-order valence-corrected chi connectivity index (χ1v) is 9.60. The van der Waals surface area contributed by atoms with Gasteiger partial charge in [0, 0.05) is 5.69 Å². The Morgan fingerprint density at radius 2 is 1.72 bits per heavy atom. The molecule has 10 heteroatoms. The fraction of sp³-hybridized carbons (Fsp3) is 0.318. The van der Waals surface area contributed by atoms with Gasteiger partial charge in [-0.15, -0.1) is 0 Å². The molecule has 1 N–H and O–H groups in total. The zero-order valence-electron chi connectivity index (χ0n) is 17.6. The summed E-state index contributed by atoms with van der Waals surface area (Å²) in [5, 5.41) is 9.20. The third-order valence-corrected chi connectivity index (χ3v) is 5.02. The van der Waals surface area contributed by atoms with Crippen LogP contribution in [-0.4, -0.2) is 40.1 Å². The van der Waals surface area contributed by atoms with Crippen molar-refractivity contribution in [2.24, 2.45) is 0 Å². The number of carbonyl (C=O) groups excluding carboxylic acids is 2. The maximum atomic E-state index is 12.8. The number of rotatable bonds is 6. The second kappa shape index (κ2) is 8.18. The van der Waals surface area contributed by atoms with Gasteiger partial charge in [0.25, 0.3) is 5.91 Å². The summed E-state index contributed by atoms with van der Waals surface area (Å²) in [7, 11) is 0. The highest BCUT2D eigenvalue weighted by Crippen LogP contribution is 2.32. The molecule has 0 aromatic heterocycles. The summed E-state index contributed by atoms with van der Waals surface area (Å²) < 4.78 is 43.8. The number of hydrogen-bond acceptors (Lipinski definition) is 4. The maximum Gasteiger partial charge on any atom is 0.416 e. The van der Waals surface area contributed by atoms with Crippen LogP contribution in [0.25, 0.3) is 0 Å². The van der Waals surface area contributed by atoms with Crippen molar-refractivity contribution < 1.29 is 37.4 Å². The Hall–Kier alpha value is -3.56. The predicted octanol–water partition coefficient (Wildman–Crippen LogP) is 4.22. The van der Waals surface area contributed by atoms with Gasteiger partial charge in [0.2, 0.25) is 0 Å². The molecular formula is C22H21F3N2O5. The van der Waals surface area contributed by atoms with Gasteiger partial charge in [-0.1, -0.05) is 12.1 Å². The number of aliphatic carboxylic acids is 1. The summed E-state index contributed by atoms with van der Waals surface area (Å²) in [6.45, 7) is 4.22. The van der Waals surface area contributed by atoms with E-state index in [1.165, 1.54) is 13.8 Å². The molecule has 0 saturated carbocycles. The van der Waals surface area contributed by atoms with Crippen molar-refractivity contribution in [3.8, 4) is 5.75 Å². The van der Waals surface area contributed by atoms with Gasteiger partial charge in [-0.05, 0) is 62.2 Å². The summed E-state index contributed by atoms with van der Waals surface area (Å²) in [5.41, 5.74) is -0.862. The van der Waals surface area contributed by atoms with Gasteiger partial charge in [0.15, 0.2) is 5.60 Å². The van der Waals surface area contributed by atoms with E-state index in [2.05, 4.69) is 0 Å². The number of imide groups is 1. The summed E-state index contributed by atoms with van der Waals surface area (Å²) in [6, 6.07) is 8.23. The van der Waals surface area contributed by atoms with Crippen LogP contribution in [0.3, 0.4) is 0 Å². The quantitative estimate of drug-likeness (QED) is 0.666. The first kappa shape index (κ1) is 23.1. The Balaban J connectivity index is 1.74. The minimum atomic E-state index is -4.50. The van der Waals surface area contributed by atoms with Gasteiger partial charge >= 0.3 is 18.2 Å². The molecule has 0 unspecified atom stereocenters. The Morgan fingerprint density at radius 1 is 1.09 bits per heavy atom. The second-order valence-electron chi connectivity index (χ2n) is 7.91. The molecule has 170 valence electrons. The topological polar surface area (TPSA) is 87.2 Å². The average Bonchev–Trinajstić information content (AvgIpc) is 2.97. The highest BCUT2D eigenvalue weighted by molar-refractivity contribution is 6.12. The zero-order valence-corrected chi connectivity index (χ0v) is 17.6. The molecule has 1 aliphatic rings. The highest BCUT2D eigenvalue weighted by Gasteiger charge is 2.38. The van der Waals surface area contributed by atoms with Crippen molar-refractivity contribution in [2.75, 3.05) is 11.4 Å². The van der Waals surface area contributed by atoms with Crippen molar-refractivity contribution >= 4 is 23.6 Å². The molecule has 1 heterocycles. The SMILES string of the molecule is Cc1cc(CN2C(=O)CN(c3ccc(C(F)(F)F)cc3)C2=O)ccc1OC(C)(C)C(=O)O. The van der Waals surface area contributed by atoms with Gasteiger partial charge in [0.1, 0.15) is 12.3 Å². The molecule has 1 aliphatic heterocycles.